The second kappa shape index (κ2) is 8.37. The molecule has 170 valence electrons. The van der Waals surface area contributed by atoms with E-state index >= 15 is 4.39 Å². The Morgan fingerprint density at radius 2 is 1.44 bits per heavy atom. The molecule has 5 rings (SSSR count). The maximum absolute atomic E-state index is 15.5. The van der Waals surface area contributed by atoms with E-state index in [1.54, 1.807) is 42.5 Å². The number of ether oxygens (including phenoxy) is 1. The molecule has 0 spiro atoms. The van der Waals surface area contributed by atoms with Gasteiger partial charge in [0.1, 0.15) is 23.1 Å². The number of nitrogens with zero attached hydrogens (tertiary/aromatic N) is 1. The van der Waals surface area contributed by atoms with Gasteiger partial charge >= 0.3 is 0 Å². The van der Waals surface area contributed by atoms with Crippen LogP contribution >= 0.6 is 0 Å². The largest absolute Gasteiger partial charge is 0.442 e. The van der Waals surface area contributed by atoms with Crippen LogP contribution in [0.5, 0.6) is 0 Å². The number of anilines is 1. The smallest absolute Gasteiger partial charge is 0.239 e. The maximum atomic E-state index is 15.5. The van der Waals surface area contributed by atoms with Crippen LogP contribution < -0.4 is 5.32 Å². The van der Waals surface area contributed by atoms with Crippen LogP contribution in [-0.4, -0.2) is 5.90 Å². The van der Waals surface area contributed by atoms with Crippen molar-refractivity contribution in [2.24, 2.45) is 4.99 Å². The van der Waals surface area contributed by atoms with Crippen molar-refractivity contribution in [2.75, 3.05) is 5.32 Å². The van der Waals surface area contributed by atoms with E-state index in [-0.39, 0.29) is 22.8 Å². The molecule has 4 aromatic rings. The SMILES string of the molecule is Cc1ccc(C2(Nc3ccccc3F)O/C(=N/c3ccccc3F)c3cccc(F)c32)cc1C. The maximum Gasteiger partial charge on any atom is 0.239 e. The monoisotopic (exact) mass is 458 g/mol. The minimum atomic E-state index is -1.63. The normalized spacial score (nSPS) is 18.0. The lowest BCUT2D eigenvalue weighted by atomic mass is 9.90. The van der Waals surface area contributed by atoms with Gasteiger partial charge in [-0.15, -0.1) is 0 Å². The highest BCUT2D eigenvalue weighted by Gasteiger charge is 2.49. The van der Waals surface area contributed by atoms with Crippen LogP contribution in [0.1, 0.15) is 27.8 Å². The van der Waals surface area contributed by atoms with E-state index in [0.717, 1.165) is 11.1 Å². The first-order valence-corrected chi connectivity index (χ1v) is 10.8. The third-order valence-corrected chi connectivity index (χ3v) is 6.02. The van der Waals surface area contributed by atoms with Crippen LogP contribution in [-0.2, 0) is 10.5 Å². The molecule has 0 saturated heterocycles. The molecule has 1 aliphatic heterocycles. The number of benzene rings is 4. The van der Waals surface area contributed by atoms with Gasteiger partial charge in [-0.1, -0.05) is 42.5 Å². The van der Waals surface area contributed by atoms with Crippen LogP contribution in [0.4, 0.5) is 24.5 Å². The minimum Gasteiger partial charge on any atom is -0.442 e. The summed E-state index contributed by atoms with van der Waals surface area (Å²) in [7, 11) is 0. The summed E-state index contributed by atoms with van der Waals surface area (Å²) in [6.45, 7) is 3.90. The molecular formula is C28H21F3N2O. The number of fused-ring (bicyclic) bond motifs is 1. The van der Waals surface area contributed by atoms with Crippen molar-refractivity contribution < 1.29 is 17.9 Å². The molecule has 1 atom stereocenters. The Balaban J connectivity index is 1.78. The van der Waals surface area contributed by atoms with Crippen molar-refractivity contribution in [1.29, 1.82) is 0 Å². The van der Waals surface area contributed by atoms with Gasteiger partial charge in [-0.2, -0.15) is 0 Å². The predicted octanol–water partition coefficient (Wildman–Crippen LogP) is 7.14. The molecule has 1 unspecified atom stereocenters. The Hall–Kier alpha value is -4.06. The standard InChI is InChI=1S/C28H21F3N2O/c1-17-14-15-19(16-18(17)2)28(33-25-13-6-4-10-22(25)30)26-20(8-7-11-23(26)31)27(34-28)32-24-12-5-3-9-21(24)29/h3-16,33H,1-2H3/b32-27+. The van der Waals surface area contributed by atoms with E-state index in [9.17, 15) is 8.78 Å². The van der Waals surface area contributed by atoms with Gasteiger partial charge in [0.15, 0.2) is 0 Å². The average Bonchev–Trinajstić information content (AvgIpc) is 3.14. The Morgan fingerprint density at radius 3 is 2.18 bits per heavy atom. The molecule has 0 bridgehead atoms. The van der Waals surface area contributed by atoms with E-state index in [1.165, 1.54) is 30.3 Å². The molecule has 1 heterocycles. The van der Waals surface area contributed by atoms with Crippen molar-refractivity contribution in [2.45, 2.75) is 19.6 Å². The fourth-order valence-corrected chi connectivity index (χ4v) is 4.12. The van der Waals surface area contributed by atoms with E-state index < -0.39 is 23.2 Å². The zero-order valence-corrected chi connectivity index (χ0v) is 18.6. The molecule has 0 aromatic heterocycles. The Bertz CT molecular complexity index is 1430. The van der Waals surface area contributed by atoms with Crippen LogP contribution in [0.25, 0.3) is 0 Å². The minimum absolute atomic E-state index is 0.0293. The molecule has 34 heavy (non-hydrogen) atoms. The highest BCUT2D eigenvalue weighted by molar-refractivity contribution is 6.01. The molecule has 3 nitrogen and oxygen atoms in total. The van der Waals surface area contributed by atoms with Gasteiger partial charge in [-0.25, -0.2) is 18.2 Å². The number of hydrogen-bond acceptors (Lipinski definition) is 3. The van der Waals surface area contributed by atoms with E-state index in [1.807, 2.05) is 26.0 Å². The summed E-state index contributed by atoms with van der Waals surface area (Å²) in [5, 5.41) is 3.10. The van der Waals surface area contributed by atoms with E-state index in [2.05, 4.69) is 10.3 Å². The quantitative estimate of drug-likeness (QED) is 0.353. The van der Waals surface area contributed by atoms with Gasteiger partial charge in [-0.3, -0.25) is 0 Å². The first kappa shape index (κ1) is 21.8. The molecule has 4 aromatic carbocycles. The second-order valence-electron chi connectivity index (χ2n) is 8.22. The van der Waals surface area contributed by atoms with Gasteiger partial charge < -0.3 is 10.1 Å². The first-order valence-electron chi connectivity index (χ1n) is 10.8. The lowest BCUT2D eigenvalue weighted by molar-refractivity contribution is 0.140. The summed E-state index contributed by atoms with van der Waals surface area (Å²) in [6, 6.07) is 22.2. The number of para-hydroxylation sites is 2. The molecule has 1 N–H and O–H groups in total. The van der Waals surface area contributed by atoms with Gasteiger partial charge in [0, 0.05) is 11.1 Å². The van der Waals surface area contributed by atoms with Gasteiger partial charge in [0.2, 0.25) is 11.6 Å². The van der Waals surface area contributed by atoms with Crippen LogP contribution in [0, 0.1) is 31.3 Å². The summed E-state index contributed by atoms with van der Waals surface area (Å²) in [4.78, 5) is 4.38. The molecule has 1 aliphatic rings. The lowest BCUT2D eigenvalue weighted by Gasteiger charge is -2.32. The van der Waals surface area contributed by atoms with Crippen LogP contribution in [0.15, 0.2) is 89.9 Å². The molecular weight excluding hydrogens is 437 g/mol. The molecule has 0 aliphatic carbocycles. The highest BCUT2D eigenvalue weighted by atomic mass is 19.1. The third-order valence-electron chi connectivity index (χ3n) is 6.02. The predicted molar refractivity (Wildman–Crippen MR) is 127 cm³/mol. The highest BCUT2D eigenvalue weighted by Crippen LogP contribution is 2.45. The number of aliphatic imine (C=N–C) groups is 1. The Kier molecular flexibility index (Phi) is 5.36. The number of aryl methyl sites for hydroxylation is 2. The summed E-state index contributed by atoms with van der Waals surface area (Å²) >= 11 is 0. The van der Waals surface area contributed by atoms with E-state index in [0.29, 0.717) is 11.1 Å². The van der Waals surface area contributed by atoms with Crippen molar-refractivity contribution in [3.8, 4) is 0 Å². The number of rotatable bonds is 4. The summed E-state index contributed by atoms with van der Waals surface area (Å²) in [5.41, 5.74) is 1.60. The van der Waals surface area contributed by atoms with Crippen molar-refractivity contribution in [3.63, 3.8) is 0 Å². The zero-order chi connectivity index (χ0) is 23.9. The second-order valence-corrected chi connectivity index (χ2v) is 8.22. The van der Waals surface area contributed by atoms with Crippen molar-refractivity contribution in [1.82, 2.24) is 0 Å². The van der Waals surface area contributed by atoms with Gasteiger partial charge in [0.25, 0.3) is 0 Å². The molecule has 0 fully saturated rings. The van der Waals surface area contributed by atoms with Crippen molar-refractivity contribution in [3.05, 3.63) is 130 Å². The molecule has 0 saturated carbocycles. The lowest BCUT2D eigenvalue weighted by Crippen LogP contribution is -2.38. The van der Waals surface area contributed by atoms with Gasteiger partial charge in [-0.05, 0) is 67.4 Å². The Morgan fingerprint density at radius 1 is 0.735 bits per heavy atom. The fraction of sp³-hybridized carbons (Fsp3) is 0.107. The summed E-state index contributed by atoms with van der Waals surface area (Å²) in [6.07, 6.45) is 0. The van der Waals surface area contributed by atoms with Crippen LogP contribution in [0.2, 0.25) is 0 Å². The Labute approximate surface area is 195 Å². The number of halogens is 3. The fourth-order valence-electron chi connectivity index (χ4n) is 4.12. The number of hydrogen-bond donors (Lipinski definition) is 1. The third kappa shape index (κ3) is 3.61. The summed E-state index contributed by atoms with van der Waals surface area (Å²) in [5.74, 6) is -1.59. The molecule has 0 radical (unpaired) electrons. The molecule has 6 heteroatoms. The average molecular weight is 458 g/mol. The zero-order valence-electron chi connectivity index (χ0n) is 18.6. The topological polar surface area (TPSA) is 33.6 Å². The van der Waals surface area contributed by atoms with Gasteiger partial charge in [0.05, 0.1) is 11.3 Å². The first-order chi connectivity index (χ1) is 16.4. The summed E-state index contributed by atoms with van der Waals surface area (Å²) < 4.78 is 51.0. The van der Waals surface area contributed by atoms with Crippen molar-refractivity contribution >= 4 is 17.3 Å². The number of nitrogens with one attached hydrogen (secondary N) is 1. The molecule has 0 amide bonds. The van der Waals surface area contributed by atoms with E-state index in [4.69, 9.17) is 4.74 Å². The van der Waals surface area contributed by atoms with Crippen LogP contribution in [0.3, 0.4) is 0 Å².